The second-order valence-electron chi connectivity index (χ2n) is 6.22. The van der Waals surface area contributed by atoms with Crippen LogP contribution in [0.25, 0.3) is 5.69 Å². The first kappa shape index (κ1) is 15.3. The summed E-state index contributed by atoms with van der Waals surface area (Å²) in [5, 5.41) is 0. The smallest absolute Gasteiger partial charge is 0.271 e. The van der Waals surface area contributed by atoms with Crippen molar-refractivity contribution in [2.75, 3.05) is 0 Å². The summed E-state index contributed by atoms with van der Waals surface area (Å²) in [6.07, 6.45) is 0.893. The summed E-state index contributed by atoms with van der Waals surface area (Å²) in [4.78, 5) is 24.2. The van der Waals surface area contributed by atoms with Gasteiger partial charge in [0.05, 0.1) is 5.56 Å². The van der Waals surface area contributed by atoms with Crippen molar-refractivity contribution in [3.63, 3.8) is 0 Å². The second-order valence-corrected chi connectivity index (χ2v) is 6.22. The molecule has 0 unspecified atom stereocenters. The molecular weight excluding hydrogens is 290 g/mol. The Hall–Kier alpha value is -2.56. The van der Waals surface area contributed by atoms with Gasteiger partial charge < -0.3 is 4.57 Å². The van der Waals surface area contributed by atoms with Crippen molar-refractivity contribution in [2.24, 2.45) is 11.8 Å². The maximum Gasteiger partial charge on any atom is 0.271 e. The van der Waals surface area contributed by atoms with E-state index in [1.165, 1.54) is 0 Å². The van der Waals surface area contributed by atoms with E-state index >= 15 is 0 Å². The maximum atomic E-state index is 12.4. The molecule has 23 heavy (non-hydrogen) atoms. The normalized spacial score (nSPS) is 19.3. The van der Waals surface area contributed by atoms with E-state index in [2.05, 4.69) is 10.9 Å². The summed E-state index contributed by atoms with van der Waals surface area (Å²) in [6, 6.07) is 11.7. The minimum atomic E-state index is -0.290. The van der Waals surface area contributed by atoms with Crippen molar-refractivity contribution in [1.82, 2.24) is 15.4 Å². The monoisotopic (exact) mass is 311 g/mol. The fourth-order valence-corrected chi connectivity index (χ4v) is 2.93. The molecule has 0 spiro atoms. The number of hydrazine groups is 1. The van der Waals surface area contributed by atoms with E-state index in [0.29, 0.717) is 11.5 Å². The van der Waals surface area contributed by atoms with Crippen LogP contribution in [0.2, 0.25) is 0 Å². The number of nitrogens with one attached hydrogen (secondary N) is 2. The Morgan fingerprint density at radius 3 is 2.39 bits per heavy atom. The van der Waals surface area contributed by atoms with Crippen LogP contribution in [-0.4, -0.2) is 16.4 Å². The van der Waals surface area contributed by atoms with E-state index < -0.39 is 0 Å². The number of aryl methyl sites for hydroxylation is 1. The van der Waals surface area contributed by atoms with Crippen LogP contribution in [0.4, 0.5) is 0 Å². The molecule has 0 bridgehead atoms. The first-order chi connectivity index (χ1) is 11.0. The van der Waals surface area contributed by atoms with Gasteiger partial charge in [-0.3, -0.25) is 20.4 Å². The van der Waals surface area contributed by atoms with Gasteiger partial charge in [-0.1, -0.05) is 25.1 Å². The van der Waals surface area contributed by atoms with Crippen LogP contribution in [-0.2, 0) is 4.79 Å². The van der Waals surface area contributed by atoms with Gasteiger partial charge in [-0.05, 0) is 44.4 Å². The summed E-state index contributed by atoms with van der Waals surface area (Å²) in [5.74, 6) is 0.0479. The number of carbonyl (C=O) groups is 2. The molecule has 1 aliphatic rings. The summed E-state index contributed by atoms with van der Waals surface area (Å²) < 4.78 is 2.03. The molecule has 1 aromatic carbocycles. The molecule has 3 rings (SSSR count). The third kappa shape index (κ3) is 2.99. The highest BCUT2D eigenvalue weighted by Gasteiger charge is 2.39. The van der Waals surface area contributed by atoms with Gasteiger partial charge in [0.15, 0.2) is 0 Å². The molecule has 2 amide bonds. The molecule has 5 nitrogen and oxygen atoms in total. The van der Waals surface area contributed by atoms with Crippen LogP contribution in [0.5, 0.6) is 0 Å². The Morgan fingerprint density at radius 1 is 1.13 bits per heavy atom. The molecule has 0 saturated heterocycles. The van der Waals surface area contributed by atoms with E-state index in [1.807, 2.05) is 61.7 Å². The fourth-order valence-electron chi connectivity index (χ4n) is 2.93. The molecule has 0 aliphatic heterocycles. The molecule has 1 heterocycles. The van der Waals surface area contributed by atoms with Crippen LogP contribution in [0.1, 0.15) is 35.1 Å². The number of nitrogens with zero attached hydrogens (tertiary/aromatic N) is 1. The molecular formula is C18H21N3O2. The maximum absolute atomic E-state index is 12.4. The zero-order valence-corrected chi connectivity index (χ0v) is 13.6. The average Bonchev–Trinajstić information content (AvgIpc) is 3.20. The third-order valence-electron chi connectivity index (χ3n) is 4.44. The third-order valence-corrected chi connectivity index (χ3v) is 4.44. The summed E-state index contributed by atoms with van der Waals surface area (Å²) in [5.41, 5.74) is 8.44. The SMILES string of the molecule is Cc1cc(C(=O)NNC(=O)[C@H]2C[C@@H]2C)c(C)n1-c1ccccc1. The van der Waals surface area contributed by atoms with E-state index in [1.54, 1.807) is 0 Å². The quantitative estimate of drug-likeness (QED) is 0.856. The molecule has 1 fully saturated rings. The lowest BCUT2D eigenvalue weighted by molar-refractivity contribution is -0.123. The lowest BCUT2D eigenvalue weighted by atomic mass is 10.2. The lowest BCUT2D eigenvalue weighted by Gasteiger charge is -2.10. The predicted octanol–water partition coefficient (Wildman–Crippen LogP) is 2.51. The zero-order chi connectivity index (χ0) is 16.6. The molecule has 120 valence electrons. The van der Waals surface area contributed by atoms with Gasteiger partial charge in [0.25, 0.3) is 5.91 Å². The number of hydrogen-bond donors (Lipinski definition) is 2. The first-order valence-corrected chi connectivity index (χ1v) is 7.83. The number of amides is 2. The molecule has 2 aromatic rings. The number of rotatable bonds is 3. The van der Waals surface area contributed by atoms with E-state index in [0.717, 1.165) is 23.5 Å². The Balaban J connectivity index is 1.75. The van der Waals surface area contributed by atoms with Crippen molar-refractivity contribution in [1.29, 1.82) is 0 Å². The molecule has 2 atom stereocenters. The number of aromatic nitrogens is 1. The van der Waals surface area contributed by atoms with Crippen LogP contribution >= 0.6 is 0 Å². The minimum Gasteiger partial charge on any atom is -0.318 e. The Morgan fingerprint density at radius 2 is 1.78 bits per heavy atom. The van der Waals surface area contributed by atoms with Crippen molar-refractivity contribution >= 4 is 11.8 Å². The van der Waals surface area contributed by atoms with Gasteiger partial charge in [-0.2, -0.15) is 0 Å². The average molecular weight is 311 g/mol. The number of para-hydroxylation sites is 1. The van der Waals surface area contributed by atoms with Crippen molar-refractivity contribution in [3.8, 4) is 5.69 Å². The largest absolute Gasteiger partial charge is 0.318 e. The fraction of sp³-hybridized carbons (Fsp3) is 0.333. The molecule has 1 aliphatic carbocycles. The minimum absolute atomic E-state index is 0.0343. The molecule has 1 aromatic heterocycles. The molecule has 5 heteroatoms. The van der Waals surface area contributed by atoms with E-state index in [9.17, 15) is 9.59 Å². The van der Waals surface area contributed by atoms with Crippen LogP contribution in [0.15, 0.2) is 36.4 Å². The highest BCUT2D eigenvalue weighted by Crippen LogP contribution is 2.37. The Kier molecular flexibility index (Phi) is 3.94. The number of benzene rings is 1. The van der Waals surface area contributed by atoms with E-state index in [-0.39, 0.29) is 17.7 Å². The molecule has 0 radical (unpaired) electrons. The summed E-state index contributed by atoms with van der Waals surface area (Å²) in [7, 11) is 0. The van der Waals surface area contributed by atoms with Crippen LogP contribution in [0.3, 0.4) is 0 Å². The lowest BCUT2D eigenvalue weighted by Crippen LogP contribution is -2.42. The highest BCUT2D eigenvalue weighted by molar-refractivity contribution is 5.97. The standard InChI is InChI=1S/C18H21N3O2/c1-11-9-15(11)17(22)19-20-18(23)16-10-12(2)21(13(16)3)14-7-5-4-6-8-14/h4-8,10-11,15H,9H2,1-3H3,(H,19,22)(H,20,23)/t11-,15-/m0/s1. The second kappa shape index (κ2) is 5.91. The van der Waals surface area contributed by atoms with Crippen LogP contribution in [0, 0.1) is 25.7 Å². The topological polar surface area (TPSA) is 63.1 Å². The van der Waals surface area contributed by atoms with E-state index in [4.69, 9.17) is 0 Å². The molecule has 1 saturated carbocycles. The van der Waals surface area contributed by atoms with Gasteiger partial charge in [0.1, 0.15) is 0 Å². The summed E-state index contributed by atoms with van der Waals surface area (Å²) in [6.45, 7) is 5.89. The van der Waals surface area contributed by atoms with Gasteiger partial charge in [0.2, 0.25) is 5.91 Å². The zero-order valence-electron chi connectivity index (χ0n) is 13.6. The van der Waals surface area contributed by atoms with Crippen molar-refractivity contribution in [2.45, 2.75) is 27.2 Å². The van der Waals surface area contributed by atoms with Crippen molar-refractivity contribution in [3.05, 3.63) is 53.3 Å². The van der Waals surface area contributed by atoms with Gasteiger partial charge >= 0.3 is 0 Å². The van der Waals surface area contributed by atoms with Gasteiger partial charge in [0, 0.05) is 23.0 Å². The number of hydrogen-bond acceptors (Lipinski definition) is 2. The predicted molar refractivity (Wildman–Crippen MR) is 88.1 cm³/mol. The Labute approximate surface area is 135 Å². The van der Waals surface area contributed by atoms with Gasteiger partial charge in [-0.15, -0.1) is 0 Å². The molecule has 2 N–H and O–H groups in total. The first-order valence-electron chi connectivity index (χ1n) is 7.83. The number of carbonyl (C=O) groups excluding carboxylic acids is 2. The summed E-state index contributed by atoms with van der Waals surface area (Å²) >= 11 is 0. The van der Waals surface area contributed by atoms with Crippen LogP contribution < -0.4 is 10.9 Å². The van der Waals surface area contributed by atoms with Crippen molar-refractivity contribution < 1.29 is 9.59 Å². The highest BCUT2D eigenvalue weighted by atomic mass is 16.2. The van der Waals surface area contributed by atoms with Gasteiger partial charge in [-0.25, -0.2) is 0 Å². The Bertz CT molecular complexity index is 749.